The Bertz CT molecular complexity index is 947. The summed E-state index contributed by atoms with van der Waals surface area (Å²) in [5.41, 5.74) is 2.78. The molecule has 3 aromatic rings. The van der Waals surface area contributed by atoms with Gasteiger partial charge in [0.15, 0.2) is 0 Å². The van der Waals surface area contributed by atoms with Gasteiger partial charge >= 0.3 is 0 Å². The molecular formula is C16H16N6O2. The van der Waals surface area contributed by atoms with Crippen molar-refractivity contribution in [2.45, 2.75) is 20.8 Å². The van der Waals surface area contributed by atoms with Gasteiger partial charge in [-0.2, -0.15) is 4.98 Å². The molecule has 3 rings (SSSR count). The van der Waals surface area contributed by atoms with Crippen molar-refractivity contribution in [1.29, 1.82) is 0 Å². The molecule has 8 heteroatoms. The van der Waals surface area contributed by atoms with Gasteiger partial charge in [0.1, 0.15) is 0 Å². The number of benzene rings is 1. The predicted octanol–water partition coefficient (Wildman–Crippen LogP) is 1.95. The highest BCUT2D eigenvalue weighted by Gasteiger charge is 2.15. The topological polar surface area (TPSA) is 101 Å². The first kappa shape index (κ1) is 15.6. The van der Waals surface area contributed by atoms with E-state index in [9.17, 15) is 9.59 Å². The van der Waals surface area contributed by atoms with Crippen LogP contribution in [-0.4, -0.2) is 31.4 Å². The van der Waals surface area contributed by atoms with E-state index in [0.717, 1.165) is 11.4 Å². The molecule has 2 heterocycles. The number of hydrogen-bond donors (Lipinski definition) is 2. The Hall–Kier alpha value is -3.29. The number of aryl methyl sites for hydroxylation is 2. The fraction of sp³-hybridized carbons (Fsp3) is 0.188. The molecule has 24 heavy (non-hydrogen) atoms. The Labute approximate surface area is 137 Å². The van der Waals surface area contributed by atoms with Gasteiger partial charge in [0, 0.05) is 29.7 Å². The zero-order chi connectivity index (χ0) is 17.3. The van der Waals surface area contributed by atoms with E-state index in [1.54, 1.807) is 24.3 Å². The van der Waals surface area contributed by atoms with Crippen molar-refractivity contribution >= 4 is 29.0 Å². The Morgan fingerprint density at radius 3 is 2.46 bits per heavy atom. The third kappa shape index (κ3) is 3.22. The lowest BCUT2D eigenvalue weighted by Crippen LogP contribution is -2.14. The first-order valence-electron chi connectivity index (χ1n) is 7.32. The van der Waals surface area contributed by atoms with E-state index in [-0.39, 0.29) is 11.7 Å². The largest absolute Gasteiger partial charge is 0.326 e. The second kappa shape index (κ2) is 6.07. The molecule has 1 aromatic carbocycles. The van der Waals surface area contributed by atoms with Gasteiger partial charge in [0.2, 0.25) is 11.7 Å². The van der Waals surface area contributed by atoms with Crippen LogP contribution in [0.15, 0.2) is 30.3 Å². The third-order valence-corrected chi connectivity index (χ3v) is 3.26. The van der Waals surface area contributed by atoms with Crippen LogP contribution >= 0.6 is 0 Å². The van der Waals surface area contributed by atoms with Gasteiger partial charge in [-0.25, -0.2) is 9.50 Å². The van der Waals surface area contributed by atoms with Crippen LogP contribution < -0.4 is 10.6 Å². The molecule has 0 aliphatic rings. The summed E-state index contributed by atoms with van der Waals surface area (Å²) in [5.74, 6) is -0.222. The van der Waals surface area contributed by atoms with Crippen LogP contribution in [0.2, 0.25) is 0 Å². The first-order valence-corrected chi connectivity index (χ1v) is 7.32. The van der Waals surface area contributed by atoms with E-state index in [2.05, 4.69) is 25.7 Å². The number of amides is 2. The number of rotatable bonds is 3. The zero-order valence-corrected chi connectivity index (χ0v) is 13.5. The lowest BCUT2D eigenvalue weighted by molar-refractivity contribution is -0.114. The molecule has 0 saturated heterocycles. The number of anilines is 2. The van der Waals surface area contributed by atoms with Crippen molar-refractivity contribution in [3.63, 3.8) is 0 Å². The van der Waals surface area contributed by atoms with E-state index in [1.807, 2.05) is 19.9 Å². The van der Waals surface area contributed by atoms with Gasteiger partial charge in [-0.15, -0.1) is 5.10 Å². The highest BCUT2D eigenvalue weighted by molar-refractivity contribution is 6.02. The Morgan fingerprint density at radius 2 is 1.75 bits per heavy atom. The number of nitrogens with one attached hydrogen (secondary N) is 2. The molecule has 122 valence electrons. The van der Waals surface area contributed by atoms with Crippen LogP contribution in [0.4, 0.5) is 11.4 Å². The molecule has 2 amide bonds. The average Bonchev–Trinajstić information content (AvgIpc) is 2.91. The smallest absolute Gasteiger partial charge is 0.295 e. The summed E-state index contributed by atoms with van der Waals surface area (Å²) in [5, 5.41) is 9.55. The molecule has 0 bridgehead atoms. The normalized spacial score (nSPS) is 10.6. The molecule has 0 aliphatic carbocycles. The molecule has 0 atom stereocenters. The van der Waals surface area contributed by atoms with Crippen LogP contribution in [0.1, 0.15) is 28.9 Å². The van der Waals surface area contributed by atoms with Crippen LogP contribution in [-0.2, 0) is 4.79 Å². The summed E-state index contributed by atoms with van der Waals surface area (Å²) >= 11 is 0. The maximum Gasteiger partial charge on any atom is 0.295 e. The standard InChI is InChI=1S/C16H16N6O2/c1-9-7-10(2)22-16(17-9)20-14(21-22)15(24)19-13-6-4-5-12(8-13)18-11(3)23/h4-8H,1-3H3,(H,18,23)(H,19,24). The second-order valence-corrected chi connectivity index (χ2v) is 5.40. The molecule has 0 fully saturated rings. The van der Waals surface area contributed by atoms with Crippen molar-refractivity contribution in [2.24, 2.45) is 0 Å². The van der Waals surface area contributed by atoms with Gasteiger partial charge in [0.25, 0.3) is 11.7 Å². The van der Waals surface area contributed by atoms with E-state index in [0.29, 0.717) is 17.2 Å². The number of carbonyl (C=O) groups excluding carboxylic acids is 2. The maximum atomic E-state index is 12.3. The number of aromatic nitrogens is 4. The summed E-state index contributed by atoms with van der Waals surface area (Å²) in [6, 6.07) is 8.69. The summed E-state index contributed by atoms with van der Waals surface area (Å²) in [6.45, 7) is 5.15. The summed E-state index contributed by atoms with van der Waals surface area (Å²) in [6.07, 6.45) is 0. The van der Waals surface area contributed by atoms with E-state index in [1.165, 1.54) is 11.4 Å². The van der Waals surface area contributed by atoms with Crippen molar-refractivity contribution < 1.29 is 9.59 Å². The molecule has 8 nitrogen and oxygen atoms in total. The third-order valence-electron chi connectivity index (χ3n) is 3.26. The number of nitrogens with zero attached hydrogens (tertiary/aromatic N) is 4. The Morgan fingerprint density at radius 1 is 1.04 bits per heavy atom. The number of carbonyl (C=O) groups is 2. The zero-order valence-electron chi connectivity index (χ0n) is 13.5. The van der Waals surface area contributed by atoms with Gasteiger partial charge < -0.3 is 10.6 Å². The second-order valence-electron chi connectivity index (χ2n) is 5.40. The van der Waals surface area contributed by atoms with Crippen molar-refractivity contribution in [2.75, 3.05) is 10.6 Å². The minimum Gasteiger partial charge on any atom is -0.326 e. The van der Waals surface area contributed by atoms with E-state index < -0.39 is 5.91 Å². The van der Waals surface area contributed by atoms with Crippen LogP contribution in [0.5, 0.6) is 0 Å². The average molecular weight is 324 g/mol. The highest BCUT2D eigenvalue weighted by atomic mass is 16.2. The van der Waals surface area contributed by atoms with Gasteiger partial charge in [0.05, 0.1) is 0 Å². The molecular weight excluding hydrogens is 308 g/mol. The van der Waals surface area contributed by atoms with Crippen LogP contribution in [0.3, 0.4) is 0 Å². The van der Waals surface area contributed by atoms with Gasteiger partial charge in [-0.1, -0.05) is 6.07 Å². The maximum absolute atomic E-state index is 12.3. The molecule has 0 aliphatic heterocycles. The van der Waals surface area contributed by atoms with Crippen molar-refractivity contribution in [1.82, 2.24) is 19.6 Å². The van der Waals surface area contributed by atoms with Gasteiger partial charge in [-0.3, -0.25) is 9.59 Å². The lowest BCUT2D eigenvalue weighted by atomic mass is 10.2. The van der Waals surface area contributed by atoms with Crippen molar-refractivity contribution in [3.05, 3.63) is 47.5 Å². The number of fused-ring (bicyclic) bond motifs is 1. The number of hydrogen-bond acceptors (Lipinski definition) is 5. The summed E-state index contributed by atoms with van der Waals surface area (Å²) in [7, 11) is 0. The molecule has 0 unspecified atom stereocenters. The fourth-order valence-electron chi connectivity index (χ4n) is 2.33. The minimum absolute atomic E-state index is 0.0288. The highest BCUT2D eigenvalue weighted by Crippen LogP contribution is 2.16. The first-order chi connectivity index (χ1) is 11.4. The summed E-state index contributed by atoms with van der Waals surface area (Å²) in [4.78, 5) is 31.9. The van der Waals surface area contributed by atoms with Crippen LogP contribution in [0, 0.1) is 13.8 Å². The van der Waals surface area contributed by atoms with E-state index >= 15 is 0 Å². The minimum atomic E-state index is -0.447. The van der Waals surface area contributed by atoms with Gasteiger partial charge in [-0.05, 0) is 38.1 Å². The Balaban J connectivity index is 1.85. The molecule has 0 radical (unpaired) electrons. The molecule has 0 spiro atoms. The van der Waals surface area contributed by atoms with Crippen molar-refractivity contribution in [3.8, 4) is 0 Å². The predicted molar refractivity (Wildman–Crippen MR) is 89.0 cm³/mol. The Kier molecular flexibility index (Phi) is 3.95. The molecule has 2 aromatic heterocycles. The summed E-state index contributed by atoms with van der Waals surface area (Å²) < 4.78 is 1.52. The SMILES string of the molecule is CC(=O)Nc1cccc(NC(=O)c2nc3nc(C)cc(C)n3n2)c1. The van der Waals surface area contributed by atoms with E-state index in [4.69, 9.17) is 0 Å². The molecule has 2 N–H and O–H groups in total. The quantitative estimate of drug-likeness (QED) is 0.767. The lowest BCUT2D eigenvalue weighted by Gasteiger charge is -2.06. The monoisotopic (exact) mass is 324 g/mol. The van der Waals surface area contributed by atoms with Crippen LogP contribution in [0.25, 0.3) is 5.78 Å². The molecule has 0 saturated carbocycles. The fourth-order valence-corrected chi connectivity index (χ4v) is 2.33.